The van der Waals surface area contributed by atoms with Crippen molar-refractivity contribution in [1.82, 2.24) is 4.90 Å². The summed E-state index contributed by atoms with van der Waals surface area (Å²) in [5, 5.41) is 0. The molecule has 3 nitrogen and oxygen atoms in total. The van der Waals surface area contributed by atoms with Gasteiger partial charge in [-0.3, -0.25) is 4.90 Å². The predicted octanol–water partition coefficient (Wildman–Crippen LogP) is 2.44. The molecule has 1 aliphatic rings. The van der Waals surface area contributed by atoms with Gasteiger partial charge in [-0.15, -0.1) is 0 Å². The summed E-state index contributed by atoms with van der Waals surface area (Å²) in [7, 11) is -2.87. The molecule has 2 unspecified atom stereocenters. The average molecular weight is 299 g/mol. The highest BCUT2D eigenvalue weighted by Gasteiger charge is 2.29. The number of nitrogens with zero attached hydrogens (tertiary/aromatic N) is 1. The van der Waals surface area contributed by atoms with Crippen LogP contribution in [-0.4, -0.2) is 44.5 Å². The zero-order valence-electron chi connectivity index (χ0n) is 12.0. The molecule has 1 fully saturated rings. The van der Waals surface area contributed by atoms with Crippen LogP contribution in [-0.2, 0) is 9.84 Å². The second kappa shape index (κ2) is 6.22. The van der Waals surface area contributed by atoms with Gasteiger partial charge in [0.15, 0.2) is 0 Å². The number of hydrogen-bond acceptors (Lipinski definition) is 3. The molecule has 1 saturated heterocycles. The van der Waals surface area contributed by atoms with Gasteiger partial charge < -0.3 is 0 Å². The van der Waals surface area contributed by atoms with Crippen LogP contribution in [0.5, 0.6) is 0 Å². The number of rotatable bonds is 5. The lowest BCUT2D eigenvalue weighted by Crippen LogP contribution is -2.29. The van der Waals surface area contributed by atoms with E-state index >= 15 is 0 Å². The fourth-order valence-electron chi connectivity index (χ4n) is 2.92. The van der Waals surface area contributed by atoms with Gasteiger partial charge in [-0.25, -0.2) is 12.8 Å². The van der Waals surface area contributed by atoms with Crippen molar-refractivity contribution in [2.45, 2.75) is 31.7 Å². The summed E-state index contributed by atoms with van der Waals surface area (Å²) in [4.78, 5) is 2.33. The van der Waals surface area contributed by atoms with Gasteiger partial charge in [-0.05, 0) is 49.9 Å². The molecule has 0 aliphatic carbocycles. The lowest BCUT2D eigenvalue weighted by molar-refractivity contribution is 0.268. The minimum atomic E-state index is -2.87. The molecule has 1 aliphatic heterocycles. The Morgan fingerprint density at radius 3 is 2.55 bits per heavy atom. The van der Waals surface area contributed by atoms with Crippen LogP contribution in [0.3, 0.4) is 0 Å². The number of sulfone groups is 1. The lowest BCUT2D eigenvalue weighted by atomic mass is 9.97. The summed E-state index contributed by atoms with van der Waals surface area (Å²) >= 11 is 0. The summed E-state index contributed by atoms with van der Waals surface area (Å²) < 4.78 is 35.2. The van der Waals surface area contributed by atoms with Crippen LogP contribution in [0, 0.1) is 5.82 Å². The van der Waals surface area contributed by atoms with Crippen molar-refractivity contribution >= 4 is 9.84 Å². The van der Waals surface area contributed by atoms with E-state index < -0.39 is 9.84 Å². The maximum atomic E-state index is 12.9. The first-order valence-corrected chi connectivity index (χ1v) is 9.08. The summed E-state index contributed by atoms with van der Waals surface area (Å²) in [5.74, 6) is 0.464. The van der Waals surface area contributed by atoms with Crippen molar-refractivity contribution in [2.24, 2.45) is 0 Å². The maximum Gasteiger partial charge on any atom is 0.147 e. The van der Waals surface area contributed by atoms with Gasteiger partial charge in [-0.2, -0.15) is 0 Å². The number of benzene rings is 1. The summed E-state index contributed by atoms with van der Waals surface area (Å²) in [6, 6.07) is 7.17. The van der Waals surface area contributed by atoms with E-state index in [1.165, 1.54) is 24.0 Å². The molecule has 0 bridgehead atoms. The van der Waals surface area contributed by atoms with E-state index in [0.717, 1.165) is 19.5 Å². The molecule has 20 heavy (non-hydrogen) atoms. The van der Waals surface area contributed by atoms with Crippen LogP contribution >= 0.6 is 0 Å². The van der Waals surface area contributed by atoms with Crippen molar-refractivity contribution in [1.29, 1.82) is 0 Å². The van der Waals surface area contributed by atoms with Gasteiger partial charge in [0.1, 0.15) is 15.7 Å². The SMILES string of the molecule is CC1CC(c2ccc(F)cc2)CN1CCCS(C)(=O)=O. The van der Waals surface area contributed by atoms with Crippen LogP contribution in [0.1, 0.15) is 31.2 Å². The number of halogens is 1. The summed E-state index contributed by atoms with van der Waals surface area (Å²) in [6.07, 6.45) is 3.01. The Balaban J connectivity index is 1.90. The van der Waals surface area contributed by atoms with Crippen molar-refractivity contribution < 1.29 is 12.8 Å². The molecule has 2 atom stereocenters. The molecular formula is C15H22FNO2S. The fraction of sp³-hybridized carbons (Fsp3) is 0.600. The predicted molar refractivity (Wildman–Crippen MR) is 79.1 cm³/mol. The first-order valence-electron chi connectivity index (χ1n) is 7.02. The van der Waals surface area contributed by atoms with E-state index in [-0.39, 0.29) is 11.6 Å². The standard InChI is InChI=1S/C15H22FNO2S/c1-12-10-14(13-4-6-15(16)7-5-13)11-17(12)8-3-9-20(2,18)19/h4-7,12,14H,3,8-11H2,1-2H3. The maximum absolute atomic E-state index is 12.9. The van der Waals surface area contributed by atoms with Crippen molar-refractivity contribution in [3.8, 4) is 0 Å². The molecule has 0 aromatic heterocycles. The molecule has 1 aromatic rings. The van der Waals surface area contributed by atoms with E-state index in [1.54, 1.807) is 0 Å². The second-order valence-corrected chi connectivity index (χ2v) is 8.07. The van der Waals surface area contributed by atoms with Crippen molar-refractivity contribution in [3.05, 3.63) is 35.6 Å². The average Bonchev–Trinajstić information content (AvgIpc) is 2.70. The Labute approximate surface area is 120 Å². The molecule has 112 valence electrons. The molecule has 0 N–H and O–H groups in total. The summed E-state index contributed by atoms with van der Waals surface area (Å²) in [5.41, 5.74) is 1.17. The molecule has 0 radical (unpaired) electrons. The normalized spacial score (nSPS) is 24.1. The molecule has 0 saturated carbocycles. The van der Waals surface area contributed by atoms with Crippen LogP contribution in [0.15, 0.2) is 24.3 Å². The Morgan fingerprint density at radius 2 is 1.95 bits per heavy atom. The van der Waals surface area contributed by atoms with Gasteiger partial charge in [0.25, 0.3) is 0 Å². The Hall–Kier alpha value is -0.940. The van der Waals surface area contributed by atoms with Crippen LogP contribution < -0.4 is 0 Å². The summed E-state index contributed by atoms with van der Waals surface area (Å²) in [6.45, 7) is 3.91. The molecule has 5 heteroatoms. The van der Waals surface area contributed by atoms with Gasteiger partial charge in [0, 0.05) is 18.8 Å². The molecule has 0 spiro atoms. The van der Waals surface area contributed by atoms with Gasteiger partial charge in [0.2, 0.25) is 0 Å². The van der Waals surface area contributed by atoms with Crippen LogP contribution in [0.4, 0.5) is 4.39 Å². The van der Waals surface area contributed by atoms with Crippen molar-refractivity contribution in [2.75, 3.05) is 25.1 Å². The third-order valence-corrected chi connectivity index (χ3v) is 5.04. The van der Waals surface area contributed by atoms with Gasteiger partial charge in [-0.1, -0.05) is 12.1 Å². The van der Waals surface area contributed by atoms with Crippen molar-refractivity contribution in [3.63, 3.8) is 0 Å². The zero-order chi connectivity index (χ0) is 14.8. The number of hydrogen-bond donors (Lipinski definition) is 0. The van der Waals surface area contributed by atoms with E-state index in [1.807, 2.05) is 12.1 Å². The largest absolute Gasteiger partial charge is 0.300 e. The topological polar surface area (TPSA) is 37.4 Å². The van der Waals surface area contributed by atoms with E-state index in [0.29, 0.717) is 18.4 Å². The zero-order valence-corrected chi connectivity index (χ0v) is 12.9. The first-order chi connectivity index (χ1) is 9.35. The fourth-order valence-corrected chi connectivity index (χ4v) is 3.57. The Bertz CT molecular complexity index is 541. The third-order valence-electron chi connectivity index (χ3n) is 4.01. The number of likely N-dealkylation sites (tertiary alicyclic amines) is 1. The minimum Gasteiger partial charge on any atom is -0.300 e. The van der Waals surface area contributed by atoms with E-state index in [4.69, 9.17) is 0 Å². The van der Waals surface area contributed by atoms with E-state index in [9.17, 15) is 12.8 Å². The van der Waals surface area contributed by atoms with Gasteiger partial charge in [0.05, 0.1) is 5.75 Å². The van der Waals surface area contributed by atoms with Crippen LogP contribution in [0.2, 0.25) is 0 Å². The molecule has 1 heterocycles. The quantitative estimate of drug-likeness (QED) is 0.838. The molecule has 2 rings (SSSR count). The molecule has 0 amide bonds. The lowest BCUT2D eigenvalue weighted by Gasteiger charge is -2.20. The van der Waals surface area contributed by atoms with Gasteiger partial charge >= 0.3 is 0 Å². The minimum absolute atomic E-state index is 0.204. The van der Waals surface area contributed by atoms with Crippen LogP contribution in [0.25, 0.3) is 0 Å². The second-order valence-electron chi connectivity index (χ2n) is 5.81. The first kappa shape index (κ1) is 15.4. The van der Waals surface area contributed by atoms with E-state index in [2.05, 4.69) is 11.8 Å². The Kier molecular flexibility index (Phi) is 4.81. The highest BCUT2D eigenvalue weighted by Crippen LogP contribution is 2.31. The highest BCUT2D eigenvalue weighted by molar-refractivity contribution is 7.90. The smallest absolute Gasteiger partial charge is 0.147 e. The monoisotopic (exact) mass is 299 g/mol. The highest BCUT2D eigenvalue weighted by atomic mass is 32.2. The molecular weight excluding hydrogens is 277 g/mol. The third kappa shape index (κ3) is 4.28. The molecule has 1 aromatic carbocycles. The Morgan fingerprint density at radius 1 is 1.30 bits per heavy atom.